The van der Waals surface area contributed by atoms with Gasteiger partial charge in [0.25, 0.3) is 0 Å². The van der Waals surface area contributed by atoms with Crippen LogP contribution >= 0.6 is 43.2 Å². The summed E-state index contributed by atoms with van der Waals surface area (Å²) >= 11 is 8.37. The fraction of sp³-hybridized carbons (Fsp3) is 0. The van der Waals surface area contributed by atoms with Crippen LogP contribution in [0.2, 0.25) is 0 Å². The maximum Gasteiger partial charge on any atom is 0.163 e. The molecule has 0 aliphatic rings. The number of aromatic nitrogens is 3. The van der Waals surface area contributed by atoms with Gasteiger partial charge in [0.15, 0.2) is 5.82 Å². The molecule has 0 saturated carbocycles. The Balaban J connectivity index is 2.19. The molecule has 0 radical (unpaired) electrons. The summed E-state index contributed by atoms with van der Waals surface area (Å²) in [6, 6.07) is 5.86. The molecule has 3 heterocycles. The van der Waals surface area contributed by atoms with Crippen LogP contribution in [0, 0.1) is 0 Å². The molecule has 3 aromatic rings. The van der Waals surface area contributed by atoms with Crippen LogP contribution < -0.4 is 0 Å². The normalized spacial score (nSPS) is 10.9. The second-order valence-corrected chi connectivity index (χ2v) is 5.94. The van der Waals surface area contributed by atoms with E-state index in [1.165, 1.54) is 0 Å². The first-order valence-electron chi connectivity index (χ1n) is 4.76. The Morgan fingerprint density at radius 3 is 2.59 bits per heavy atom. The van der Waals surface area contributed by atoms with Crippen LogP contribution in [0.5, 0.6) is 0 Å². The summed E-state index contributed by atoms with van der Waals surface area (Å²) in [4.78, 5) is 13.0. The highest BCUT2D eigenvalue weighted by Crippen LogP contribution is 2.25. The molecule has 0 aliphatic heterocycles. The van der Waals surface area contributed by atoms with Gasteiger partial charge < -0.3 is 0 Å². The molecule has 0 aliphatic carbocycles. The third-order valence-electron chi connectivity index (χ3n) is 2.22. The maximum atomic E-state index is 4.38. The monoisotopic (exact) mass is 369 g/mol. The smallest absolute Gasteiger partial charge is 0.163 e. The lowest BCUT2D eigenvalue weighted by atomic mass is 10.2. The van der Waals surface area contributed by atoms with Gasteiger partial charge in [-0.05, 0) is 49.4 Å². The van der Waals surface area contributed by atoms with Crippen LogP contribution in [-0.2, 0) is 0 Å². The zero-order valence-electron chi connectivity index (χ0n) is 8.39. The quantitative estimate of drug-likeness (QED) is 0.600. The first kappa shape index (κ1) is 11.3. The molecule has 0 amide bonds. The van der Waals surface area contributed by atoms with E-state index in [-0.39, 0.29) is 0 Å². The molecule has 17 heavy (non-hydrogen) atoms. The molecule has 0 atom stereocenters. The van der Waals surface area contributed by atoms with E-state index >= 15 is 0 Å². The van der Waals surface area contributed by atoms with Gasteiger partial charge in [-0.3, -0.25) is 4.98 Å². The van der Waals surface area contributed by atoms with Crippen LogP contribution in [0.3, 0.4) is 0 Å². The van der Waals surface area contributed by atoms with E-state index in [2.05, 4.69) is 52.9 Å². The zero-order chi connectivity index (χ0) is 11.8. The third kappa shape index (κ3) is 2.25. The molecule has 0 unspecified atom stereocenters. The lowest BCUT2D eigenvalue weighted by Gasteiger charge is -2.01. The Bertz CT molecular complexity index is 676. The standard InChI is InChI=1S/C11H5Br2N3S/c12-9-4-10(13)16-11(15-9)6-3-8-7(14-5-6)1-2-17-8/h1-5H. The van der Waals surface area contributed by atoms with E-state index in [4.69, 9.17) is 0 Å². The highest BCUT2D eigenvalue weighted by atomic mass is 79.9. The van der Waals surface area contributed by atoms with Crippen molar-refractivity contribution in [1.29, 1.82) is 0 Å². The number of rotatable bonds is 1. The van der Waals surface area contributed by atoms with E-state index < -0.39 is 0 Å². The highest BCUT2D eigenvalue weighted by Gasteiger charge is 2.06. The number of hydrogen-bond acceptors (Lipinski definition) is 4. The molecular weight excluding hydrogens is 366 g/mol. The summed E-state index contributed by atoms with van der Waals surface area (Å²) in [5.41, 5.74) is 1.93. The van der Waals surface area contributed by atoms with Gasteiger partial charge in [0.1, 0.15) is 9.21 Å². The number of fused-ring (bicyclic) bond motifs is 1. The SMILES string of the molecule is Brc1cc(Br)nc(-c2cnc3ccsc3c2)n1. The van der Waals surface area contributed by atoms with E-state index in [1.54, 1.807) is 23.6 Å². The van der Waals surface area contributed by atoms with Crippen LogP contribution in [0.4, 0.5) is 0 Å². The average Bonchev–Trinajstić information content (AvgIpc) is 2.74. The molecule has 0 saturated heterocycles. The predicted octanol–water partition coefficient (Wildman–Crippen LogP) is 4.28. The van der Waals surface area contributed by atoms with Crippen molar-refractivity contribution in [2.45, 2.75) is 0 Å². The molecule has 3 aromatic heterocycles. The number of thiophene rings is 1. The minimum Gasteiger partial charge on any atom is -0.255 e. The van der Waals surface area contributed by atoms with Gasteiger partial charge in [-0.15, -0.1) is 11.3 Å². The average molecular weight is 371 g/mol. The van der Waals surface area contributed by atoms with E-state index in [1.807, 2.05) is 11.4 Å². The minimum absolute atomic E-state index is 0.661. The van der Waals surface area contributed by atoms with Crippen molar-refractivity contribution in [2.24, 2.45) is 0 Å². The Morgan fingerprint density at radius 1 is 1.06 bits per heavy atom. The van der Waals surface area contributed by atoms with Crippen molar-refractivity contribution in [3.05, 3.63) is 39.0 Å². The van der Waals surface area contributed by atoms with Crippen LogP contribution in [0.25, 0.3) is 21.6 Å². The predicted molar refractivity (Wildman–Crippen MR) is 76.0 cm³/mol. The van der Waals surface area contributed by atoms with E-state index in [9.17, 15) is 0 Å². The van der Waals surface area contributed by atoms with Crippen LogP contribution in [0.15, 0.2) is 39.0 Å². The second-order valence-electron chi connectivity index (χ2n) is 3.36. The molecule has 3 rings (SSSR count). The topological polar surface area (TPSA) is 38.7 Å². The summed E-state index contributed by atoms with van der Waals surface area (Å²) in [6.07, 6.45) is 1.79. The van der Waals surface area contributed by atoms with Crippen molar-refractivity contribution in [3.63, 3.8) is 0 Å². The molecular formula is C11H5Br2N3S. The molecule has 0 aromatic carbocycles. The Kier molecular flexibility index (Phi) is 2.94. The molecule has 0 spiro atoms. The number of hydrogen-bond donors (Lipinski definition) is 0. The van der Waals surface area contributed by atoms with Crippen molar-refractivity contribution >= 4 is 53.4 Å². The van der Waals surface area contributed by atoms with Crippen LogP contribution in [-0.4, -0.2) is 15.0 Å². The third-order valence-corrected chi connectivity index (χ3v) is 3.89. The Morgan fingerprint density at radius 2 is 1.82 bits per heavy atom. The molecule has 0 N–H and O–H groups in total. The largest absolute Gasteiger partial charge is 0.255 e. The van der Waals surface area contributed by atoms with Gasteiger partial charge in [-0.1, -0.05) is 0 Å². The summed E-state index contributed by atoms with van der Waals surface area (Å²) in [6.45, 7) is 0. The van der Waals surface area contributed by atoms with E-state index in [0.29, 0.717) is 5.82 Å². The molecule has 3 nitrogen and oxygen atoms in total. The minimum atomic E-state index is 0.661. The molecule has 0 bridgehead atoms. The van der Waals surface area contributed by atoms with Crippen molar-refractivity contribution in [1.82, 2.24) is 15.0 Å². The Labute approximate surface area is 118 Å². The summed E-state index contributed by atoms with van der Waals surface area (Å²) < 4.78 is 2.64. The second kappa shape index (κ2) is 4.44. The number of pyridine rings is 1. The Hall–Kier alpha value is -0.850. The van der Waals surface area contributed by atoms with Gasteiger partial charge in [0.05, 0.1) is 10.2 Å². The van der Waals surface area contributed by atoms with Crippen molar-refractivity contribution in [3.8, 4) is 11.4 Å². The van der Waals surface area contributed by atoms with Gasteiger partial charge in [0, 0.05) is 17.8 Å². The van der Waals surface area contributed by atoms with Crippen LogP contribution in [0.1, 0.15) is 0 Å². The maximum absolute atomic E-state index is 4.38. The van der Waals surface area contributed by atoms with Gasteiger partial charge in [-0.25, -0.2) is 9.97 Å². The first-order chi connectivity index (χ1) is 8.22. The van der Waals surface area contributed by atoms with Crippen molar-refractivity contribution in [2.75, 3.05) is 0 Å². The highest BCUT2D eigenvalue weighted by molar-refractivity contribution is 9.11. The summed E-state index contributed by atoms with van der Waals surface area (Å²) in [7, 11) is 0. The van der Waals surface area contributed by atoms with Gasteiger partial charge in [0.2, 0.25) is 0 Å². The summed E-state index contributed by atoms with van der Waals surface area (Å²) in [5, 5.41) is 2.03. The number of nitrogens with zero attached hydrogens (tertiary/aromatic N) is 3. The fourth-order valence-corrected chi connectivity index (χ4v) is 3.34. The van der Waals surface area contributed by atoms with Crippen molar-refractivity contribution < 1.29 is 0 Å². The molecule has 6 heteroatoms. The molecule has 0 fully saturated rings. The zero-order valence-corrected chi connectivity index (χ0v) is 12.4. The summed E-state index contributed by atoms with van der Waals surface area (Å²) in [5.74, 6) is 0.661. The lowest BCUT2D eigenvalue weighted by Crippen LogP contribution is -1.91. The fourth-order valence-electron chi connectivity index (χ4n) is 1.49. The van der Waals surface area contributed by atoms with E-state index in [0.717, 1.165) is 25.0 Å². The van der Waals surface area contributed by atoms with Gasteiger partial charge in [-0.2, -0.15) is 0 Å². The molecule has 84 valence electrons. The lowest BCUT2D eigenvalue weighted by molar-refractivity contribution is 1.12. The van der Waals surface area contributed by atoms with Gasteiger partial charge >= 0.3 is 0 Å². The number of halogens is 2. The first-order valence-corrected chi connectivity index (χ1v) is 7.23.